The SMILES string of the molecule is O=C(C1CNCCO1)N1CCCC1CC1CCCCC1. The molecule has 3 aliphatic rings. The predicted octanol–water partition coefficient (Wildman–Crippen LogP) is 1.94. The Bertz CT molecular complexity index is 322. The van der Waals surface area contributed by atoms with E-state index in [1.807, 2.05) is 0 Å². The van der Waals surface area contributed by atoms with Crippen LogP contribution in [-0.2, 0) is 9.53 Å². The predicted molar refractivity (Wildman–Crippen MR) is 78.5 cm³/mol. The van der Waals surface area contributed by atoms with Crippen LogP contribution in [0.5, 0.6) is 0 Å². The van der Waals surface area contributed by atoms with E-state index in [1.54, 1.807) is 0 Å². The number of ether oxygens (including phenoxy) is 1. The van der Waals surface area contributed by atoms with Crippen LogP contribution in [0.25, 0.3) is 0 Å². The van der Waals surface area contributed by atoms with Gasteiger partial charge in [-0.25, -0.2) is 0 Å². The first-order valence-corrected chi connectivity index (χ1v) is 8.47. The Morgan fingerprint density at radius 1 is 1.15 bits per heavy atom. The monoisotopic (exact) mass is 280 g/mol. The fraction of sp³-hybridized carbons (Fsp3) is 0.938. The molecule has 0 aromatic heterocycles. The highest BCUT2D eigenvalue weighted by atomic mass is 16.5. The van der Waals surface area contributed by atoms with Gasteiger partial charge in [0.2, 0.25) is 0 Å². The maximum atomic E-state index is 12.6. The number of carbonyl (C=O) groups is 1. The normalized spacial score (nSPS) is 32.5. The second kappa shape index (κ2) is 6.90. The second-order valence-electron chi connectivity index (χ2n) is 6.63. The first-order chi connectivity index (χ1) is 9.84. The van der Waals surface area contributed by atoms with Gasteiger partial charge in [0.05, 0.1) is 6.61 Å². The summed E-state index contributed by atoms with van der Waals surface area (Å²) in [6, 6.07) is 0.483. The number of carbonyl (C=O) groups excluding carboxylic acids is 1. The lowest BCUT2D eigenvalue weighted by atomic mass is 9.84. The quantitative estimate of drug-likeness (QED) is 0.859. The van der Waals surface area contributed by atoms with E-state index in [1.165, 1.54) is 51.4 Å². The van der Waals surface area contributed by atoms with Crippen molar-refractivity contribution in [3.8, 4) is 0 Å². The minimum atomic E-state index is -0.240. The van der Waals surface area contributed by atoms with Crippen LogP contribution >= 0.6 is 0 Å². The number of likely N-dealkylation sites (tertiary alicyclic amines) is 1. The summed E-state index contributed by atoms with van der Waals surface area (Å²) in [6.07, 6.45) is 10.3. The van der Waals surface area contributed by atoms with Crippen LogP contribution in [0.2, 0.25) is 0 Å². The third-order valence-electron chi connectivity index (χ3n) is 5.19. The highest BCUT2D eigenvalue weighted by molar-refractivity contribution is 5.82. The van der Waals surface area contributed by atoms with Crippen molar-refractivity contribution in [3.63, 3.8) is 0 Å². The number of hydrogen-bond donors (Lipinski definition) is 1. The summed E-state index contributed by atoms with van der Waals surface area (Å²) in [5.74, 6) is 1.09. The molecule has 20 heavy (non-hydrogen) atoms. The molecule has 0 bridgehead atoms. The summed E-state index contributed by atoms with van der Waals surface area (Å²) in [4.78, 5) is 14.7. The van der Waals surface area contributed by atoms with E-state index >= 15 is 0 Å². The maximum absolute atomic E-state index is 12.6. The van der Waals surface area contributed by atoms with Gasteiger partial charge in [-0.2, -0.15) is 0 Å². The molecule has 1 N–H and O–H groups in total. The number of rotatable bonds is 3. The van der Waals surface area contributed by atoms with Crippen LogP contribution in [-0.4, -0.2) is 49.2 Å². The van der Waals surface area contributed by atoms with Gasteiger partial charge < -0.3 is 15.0 Å². The van der Waals surface area contributed by atoms with Crippen LogP contribution in [0.15, 0.2) is 0 Å². The van der Waals surface area contributed by atoms with Gasteiger partial charge in [-0.3, -0.25) is 4.79 Å². The third kappa shape index (κ3) is 3.34. The molecular weight excluding hydrogens is 252 g/mol. The molecule has 4 nitrogen and oxygen atoms in total. The number of morpholine rings is 1. The van der Waals surface area contributed by atoms with Gasteiger partial charge in [-0.15, -0.1) is 0 Å². The van der Waals surface area contributed by atoms with Crippen molar-refractivity contribution >= 4 is 5.91 Å². The molecular formula is C16H28N2O2. The second-order valence-corrected chi connectivity index (χ2v) is 6.63. The Morgan fingerprint density at radius 2 is 2.00 bits per heavy atom. The van der Waals surface area contributed by atoms with Crippen LogP contribution in [0.3, 0.4) is 0 Å². The van der Waals surface area contributed by atoms with Crippen LogP contribution in [0, 0.1) is 5.92 Å². The summed E-state index contributed by atoms with van der Waals surface area (Å²) in [5.41, 5.74) is 0. The Hall–Kier alpha value is -0.610. The number of nitrogens with zero attached hydrogens (tertiary/aromatic N) is 1. The van der Waals surface area contributed by atoms with Crippen molar-refractivity contribution < 1.29 is 9.53 Å². The Balaban J connectivity index is 1.55. The van der Waals surface area contributed by atoms with Crippen molar-refractivity contribution in [2.45, 2.75) is 63.5 Å². The molecule has 3 fully saturated rings. The highest BCUT2D eigenvalue weighted by Gasteiger charge is 2.35. The van der Waals surface area contributed by atoms with Gasteiger partial charge in [-0.1, -0.05) is 32.1 Å². The molecule has 1 amide bonds. The van der Waals surface area contributed by atoms with E-state index in [-0.39, 0.29) is 12.0 Å². The van der Waals surface area contributed by atoms with Crippen LogP contribution in [0.1, 0.15) is 51.4 Å². The van der Waals surface area contributed by atoms with Crippen molar-refractivity contribution in [1.29, 1.82) is 0 Å². The molecule has 2 atom stereocenters. The van der Waals surface area contributed by atoms with Crippen molar-refractivity contribution in [2.24, 2.45) is 5.92 Å². The maximum Gasteiger partial charge on any atom is 0.253 e. The molecule has 2 unspecified atom stereocenters. The summed E-state index contributed by atoms with van der Waals surface area (Å²) in [6.45, 7) is 3.16. The van der Waals surface area contributed by atoms with E-state index in [4.69, 9.17) is 4.74 Å². The first kappa shape index (κ1) is 14.3. The van der Waals surface area contributed by atoms with E-state index in [9.17, 15) is 4.79 Å². The zero-order valence-electron chi connectivity index (χ0n) is 12.5. The molecule has 0 spiro atoms. The molecule has 114 valence electrons. The number of hydrogen-bond acceptors (Lipinski definition) is 3. The zero-order valence-corrected chi connectivity index (χ0v) is 12.5. The summed E-state index contributed by atoms with van der Waals surface area (Å²) in [5, 5.41) is 3.26. The lowest BCUT2D eigenvalue weighted by molar-refractivity contribution is -0.146. The molecule has 2 heterocycles. The number of amides is 1. The lowest BCUT2D eigenvalue weighted by Crippen LogP contribution is -2.50. The standard InChI is InChI=1S/C16H28N2O2/c19-16(15-12-17-8-10-20-15)18-9-4-7-14(18)11-13-5-2-1-3-6-13/h13-15,17H,1-12H2. The molecule has 1 aliphatic carbocycles. The molecule has 1 saturated carbocycles. The van der Waals surface area contributed by atoms with Gasteiger partial charge in [0, 0.05) is 25.7 Å². The largest absolute Gasteiger partial charge is 0.366 e. The summed E-state index contributed by atoms with van der Waals surface area (Å²) >= 11 is 0. The van der Waals surface area contributed by atoms with E-state index in [2.05, 4.69) is 10.2 Å². The molecule has 0 radical (unpaired) electrons. The van der Waals surface area contributed by atoms with Gasteiger partial charge in [-0.05, 0) is 25.2 Å². The van der Waals surface area contributed by atoms with Crippen LogP contribution in [0.4, 0.5) is 0 Å². The van der Waals surface area contributed by atoms with Crippen molar-refractivity contribution in [1.82, 2.24) is 10.2 Å². The molecule has 2 aliphatic heterocycles. The third-order valence-corrected chi connectivity index (χ3v) is 5.19. The van der Waals surface area contributed by atoms with Gasteiger partial charge in [0.1, 0.15) is 6.10 Å². The summed E-state index contributed by atoms with van der Waals surface area (Å²) in [7, 11) is 0. The first-order valence-electron chi connectivity index (χ1n) is 8.47. The van der Waals surface area contributed by atoms with Crippen LogP contribution < -0.4 is 5.32 Å². The van der Waals surface area contributed by atoms with Gasteiger partial charge in [0.15, 0.2) is 0 Å². The lowest BCUT2D eigenvalue weighted by Gasteiger charge is -2.33. The van der Waals surface area contributed by atoms with Crippen molar-refractivity contribution in [3.05, 3.63) is 0 Å². The topological polar surface area (TPSA) is 41.6 Å². The molecule has 2 saturated heterocycles. The van der Waals surface area contributed by atoms with Crippen molar-refractivity contribution in [2.75, 3.05) is 26.2 Å². The molecule has 4 heteroatoms. The van der Waals surface area contributed by atoms with Gasteiger partial charge in [0.25, 0.3) is 5.91 Å². The Kier molecular flexibility index (Phi) is 4.94. The smallest absolute Gasteiger partial charge is 0.253 e. The van der Waals surface area contributed by atoms with E-state index < -0.39 is 0 Å². The molecule has 0 aromatic rings. The van der Waals surface area contributed by atoms with E-state index in [0.717, 1.165) is 19.0 Å². The minimum Gasteiger partial charge on any atom is -0.366 e. The zero-order chi connectivity index (χ0) is 13.8. The number of nitrogens with one attached hydrogen (secondary N) is 1. The van der Waals surface area contributed by atoms with Gasteiger partial charge >= 0.3 is 0 Å². The molecule has 0 aromatic carbocycles. The summed E-state index contributed by atoms with van der Waals surface area (Å²) < 4.78 is 5.64. The minimum absolute atomic E-state index is 0.232. The fourth-order valence-electron chi connectivity index (χ4n) is 4.09. The fourth-order valence-corrected chi connectivity index (χ4v) is 4.09. The highest BCUT2D eigenvalue weighted by Crippen LogP contribution is 2.32. The average Bonchev–Trinajstić information content (AvgIpc) is 2.96. The average molecular weight is 280 g/mol. The Morgan fingerprint density at radius 3 is 2.75 bits per heavy atom. The Labute approximate surface area is 122 Å². The molecule has 3 rings (SSSR count). The van der Waals surface area contributed by atoms with E-state index in [0.29, 0.717) is 19.2 Å².